The fourth-order valence-corrected chi connectivity index (χ4v) is 0.806. The van der Waals surface area contributed by atoms with Gasteiger partial charge in [-0.2, -0.15) is 0 Å². The maximum absolute atomic E-state index is 9.25. The maximum atomic E-state index is 9.25. The van der Waals surface area contributed by atoms with Crippen LogP contribution in [0.25, 0.3) is 0 Å². The Bertz CT molecular complexity index is 136. The fraction of sp³-hybridized carbons (Fsp3) is 1.00. The summed E-state index contributed by atoms with van der Waals surface area (Å²) in [5.74, 6) is 0. The Labute approximate surface area is 89.9 Å². The SMILES string of the molecule is CCC(N)OC(O)COCCOCCO. The van der Waals surface area contributed by atoms with Crippen LogP contribution in [0.15, 0.2) is 0 Å². The lowest BCUT2D eigenvalue weighted by Gasteiger charge is -2.16. The summed E-state index contributed by atoms with van der Waals surface area (Å²) in [6, 6.07) is 0. The molecule has 0 heterocycles. The average Bonchev–Trinajstić information content (AvgIpc) is 2.23. The van der Waals surface area contributed by atoms with Crippen LogP contribution in [-0.2, 0) is 14.2 Å². The van der Waals surface area contributed by atoms with Gasteiger partial charge >= 0.3 is 0 Å². The molecule has 0 bridgehead atoms. The summed E-state index contributed by atoms with van der Waals surface area (Å²) in [7, 11) is 0. The Hall–Kier alpha value is -0.240. The summed E-state index contributed by atoms with van der Waals surface area (Å²) in [5.41, 5.74) is 5.45. The number of ether oxygens (including phenoxy) is 3. The predicted octanol–water partition coefficient (Wildman–Crippen LogP) is -0.958. The largest absolute Gasteiger partial charge is 0.394 e. The quantitative estimate of drug-likeness (QED) is 0.326. The first kappa shape index (κ1) is 14.8. The van der Waals surface area contributed by atoms with Crippen molar-refractivity contribution in [3.05, 3.63) is 0 Å². The highest BCUT2D eigenvalue weighted by molar-refractivity contribution is 4.45. The van der Waals surface area contributed by atoms with E-state index in [-0.39, 0.29) is 13.2 Å². The molecule has 0 aliphatic heterocycles. The topological polar surface area (TPSA) is 94.2 Å². The van der Waals surface area contributed by atoms with E-state index < -0.39 is 12.5 Å². The lowest BCUT2D eigenvalue weighted by atomic mass is 10.4. The van der Waals surface area contributed by atoms with Gasteiger partial charge in [0.25, 0.3) is 0 Å². The van der Waals surface area contributed by atoms with E-state index in [1.807, 2.05) is 6.92 Å². The van der Waals surface area contributed by atoms with Crippen LogP contribution in [-0.4, -0.2) is 55.8 Å². The van der Waals surface area contributed by atoms with Crippen molar-refractivity contribution in [2.75, 3.05) is 33.0 Å². The van der Waals surface area contributed by atoms with Crippen molar-refractivity contribution < 1.29 is 24.4 Å². The van der Waals surface area contributed by atoms with Crippen molar-refractivity contribution in [2.45, 2.75) is 25.9 Å². The molecule has 0 amide bonds. The molecular weight excluding hydrogens is 202 g/mol. The number of hydrogen-bond donors (Lipinski definition) is 3. The molecule has 92 valence electrons. The van der Waals surface area contributed by atoms with E-state index in [1.165, 1.54) is 0 Å². The van der Waals surface area contributed by atoms with Crippen molar-refractivity contribution in [3.63, 3.8) is 0 Å². The molecule has 0 aromatic rings. The second kappa shape index (κ2) is 10.3. The third-order valence-electron chi connectivity index (χ3n) is 1.60. The van der Waals surface area contributed by atoms with E-state index in [1.54, 1.807) is 0 Å². The molecule has 0 aromatic heterocycles. The van der Waals surface area contributed by atoms with Gasteiger partial charge in [0.2, 0.25) is 0 Å². The molecule has 0 radical (unpaired) electrons. The molecule has 0 aliphatic carbocycles. The zero-order valence-corrected chi connectivity index (χ0v) is 9.09. The standard InChI is InChI=1S/C9H21NO5/c1-2-8(10)15-9(12)7-14-6-5-13-4-3-11/h8-9,11-12H,2-7,10H2,1H3. The zero-order valence-electron chi connectivity index (χ0n) is 9.09. The summed E-state index contributed by atoms with van der Waals surface area (Å²) in [6.07, 6.45) is -0.830. The Kier molecular flexibility index (Phi) is 10.1. The highest BCUT2D eigenvalue weighted by Gasteiger charge is 2.08. The molecule has 0 fully saturated rings. The number of aliphatic hydroxyl groups is 2. The van der Waals surface area contributed by atoms with Gasteiger partial charge in [0.15, 0.2) is 6.29 Å². The lowest BCUT2D eigenvalue weighted by molar-refractivity contribution is -0.167. The Morgan fingerprint density at radius 3 is 2.47 bits per heavy atom. The van der Waals surface area contributed by atoms with Crippen LogP contribution in [0.3, 0.4) is 0 Å². The Morgan fingerprint density at radius 1 is 1.20 bits per heavy atom. The molecule has 4 N–H and O–H groups in total. The molecule has 6 nitrogen and oxygen atoms in total. The van der Waals surface area contributed by atoms with Crippen LogP contribution < -0.4 is 5.73 Å². The van der Waals surface area contributed by atoms with Crippen LogP contribution in [0.2, 0.25) is 0 Å². The maximum Gasteiger partial charge on any atom is 0.180 e. The molecule has 0 aromatic carbocycles. The van der Waals surface area contributed by atoms with Gasteiger partial charge in [0, 0.05) is 0 Å². The summed E-state index contributed by atoms with van der Waals surface area (Å²) in [5, 5.41) is 17.6. The summed E-state index contributed by atoms with van der Waals surface area (Å²) < 4.78 is 14.9. The molecule has 2 atom stereocenters. The highest BCUT2D eigenvalue weighted by Crippen LogP contribution is 1.95. The summed E-state index contributed by atoms with van der Waals surface area (Å²) in [4.78, 5) is 0. The van der Waals surface area contributed by atoms with E-state index in [0.717, 1.165) is 0 Å². The van der Waals surface area contributed by atoms with Crippen LogP contribution in [0, 0.1) is 0 Å². The van der Waals surface area contributed by atoms with Crippen LogP contribution in [0.1, 0.15) is 13.3 Å². The first-order valence-electron chi connectivity index (χ1n) is 5.06. The third kappa shape index (κ3) is 10.1. The Balaban J connectivity index is 3.20. The van der Waals surface area contributed by atoms with E-state index >= 15 is 0 Å². The van der Waals surface area contributed by atoms with Gasteiger partial charge in [-0.05, 0) is 6.42 Å². The first-order valence-corrected chi connectivity index (χ1v) is 5.06. The molecule has 15 heavy (non-hydrogen) atoms. The van der Waals surface area contributed by atoms with Crippen molar-refractivity contribution >= 4 is 0 Å². The van der Waals surface area contributed by atoms with E-state index in [4.69, 9.17) is 25.1 Å². The minimum atomic E-state index is -1.00. The normalized spacial score (nSPS) is 15.2. The van der Waals surface area contributed by atoms with E-state index in [0.29, 0.717) is 26.2 Å². The van der Waals surface area contributed by atoms with Crippen molar-refractivity contribution in [1.29, 1.82) is 0 Å². The molecule has 0 saturated heterocycles. The van der Waals surface area contributed by atoms with E-state index in [2.05, 4.69) is 0 Å². The monoisotopic (exact) mass is 223 g/mol. The summed E-state index contributed by atoms with van der Waals surface area (Å²) >= 11 is 0. The van der Waals surface area contributed by atoms with Gasteiger partial charge < -0.3 is 30.2 Å². The van der Waals surface area contributed by atoms with Gasteiger partial charge in [0.1, 0.15) is 6.23 Å². The molecule has 2 unspecified atom stereocenters. The molecule has 6 heteroatoms. The van der Waals surface area contributed by atoms with Crippen molar-refractivity contribution in [3.8, 4) is 0 Å². The third-order valence-corrected chi connectivity index (χ3v) is 1.60. The highest BCUT2D eigenvalue weighted by atomic mass is 16.6. The second-order valence-corrected chi connectivity index (χ2v) is 2.95. The lowest BCUT2D eigenvalue weighted by Crippen LogP contribution is -2.31. The number of hydrogen-bond acceptors (Lipinski definition) is 6. The molecule has 0 aliphatic rings. The van der Waals surface area contributed by atoms with Gasteiger partial charge in [-0.3, -0.25) is 0 Å². The Morgan fingerprint density at radius 2 is 1.87 bits per heavy atom. The van der Waals surface area contributed by atoms with Crippen LogP contribution in [0.4, 0.5) is 0 Å². The van der Waals surface area contributed by atoms with E-state index in [9.17, 15) is 5.11 Å². The zero-order chi connectivity index (χ0) is 11.5. The van der Waals surface area contributed by atoms with Gasteiger partial charge in [-0.1, -0.05) is 6.92 Å². The molecule has 0 saturated carbocycles. The number of aliphatic hydroxyl groups excluding tert-OH is 2. The van der Waals surface area contributed by atoms with Gasteiger partial charge in [-0.25, -0.2) is 0 Å². The first-order chi connectivity index (χ1) is 7.20. The van der Waals surface area contributed by atoms with Gasteiger partial charge in [0.05, 0.1) is 33.0 Å². The molecular formula is C9H21NO5. The van der Waals surface area contributed by atoms with Crippen LogP contribution >= 0.6 is 0 Å². The smallest absolute Gasteiger partial charge is 0.180 e. The number of rotatable bonds is 10. The van der Waals surface area contributed by atoms with Crippen molar-refractivity contribution in [2.24, 2.45) is 5.73 Å². The van der Waals surface area contributed by atoms with Crippen LogP contribution in [0.5, 0.6) is 0 Å². The fourth-order valence-electron chi connectivity index (χ4n) is 0.806. The second-order valence-electron chi connectivity index (χ2n) is 2.95. The predicted molar refractivity (Wildman–Crippen MR) is 54.1 cm³/mol. The van der Waals surface area contributed by atoms with Crippen molar-refractivity contribution in [1.82, 2.24) is 0 Å². The molecule has 0 rings (SSSR count). The van der Waals surface area contributed by atoms with Gasteiger partial charge in [-0.15, -0.1) is 0 Å². The minimum absolute atomic E-state index is 0.00289. The number of nitrogens with two attached hydrogens (primary N) is 1. The minimum Gasteiger partial charge on any atom is -0.394 e. The molecule has 0 spiro atoms. The summed E-state index contributed by atoms with van der Waals surface area (Å²) in [6.45, 7) is 2.95. The average molecular weight is 223 g/mol.